The van der Waals surface area contributed by atoms with Gasteiger partial charge in [0.1, 0.15) is 109 Å². The maximum absolute atomic E-state index is 14.3. The van der Waals surface area contributed by atoms with Crippen LogP contribution in [0.3, 0.4) is 0 Å². The van der Waals surface area contributed by atoms with E-state index >= 15 is 0 Å². The van der Waals surface area contributed by atoms with Crippen LogP contribution in [0.2, 0.25) is 0 Å². The van der Waals surface area contributed by atoms with E-state index in [1.807, 2.05) is 0 Å². The highest BCUT2D eigenvalue weighted by molar-refractivity contribution is 5.77. The van der Waals surface area contributed by atoms with Crippen molar-refractivity contribution in [1.82, 2.24) is 0 Å². The number of fused-ring (bicyclic) bond motifs is 3. The summed E-state index contributed by atoms with van der Waals surface area (Å²) in [6, 6.07) is 0. The number of carbonyl (C=O) groups excluding carboxylic acids is 1. The minimum Gasteiger partial charge on any atom is -0.432 e. The van der Waals surface area contributed by atoms with Crippen molar-refractivity contribution in [3.05, 3.63) is 0 Å². The Kier molecular flexibility index (Phi) is 15.6. The minimum atomic E-state index is -2.03. The molecular formula is C44H72O25. The van der Waals surface area contributed by atoms with E-state index in [0.29, 0.717) is 38.5 Å². The predicted octanol–water partition coefficient (Wildman–Crippen LogP) is -6.95. The molecule has 1 spiro atoms. The first-order valence-electron chi connectivity index (χ1n) is 23.9. The van der Waals surface area contributed by atoms with Crippen LogP contribution in [-0.4, -0.2) is 255 Å². The standard InChI is InChI=1S/C44H72O25/c1-40-6-3-7-41(2,39(60)68-37-32(59)29(56)25(52)19(12-47)64-37)21(40)4-8-42-14-43(61,16-49)44(15-42,9-5-22(40)42)69-38-34(67-36-31(58)28(55)24(51)18(11-46)63-36)33(26(53)20(13-48)65-38)66-35-30(57)27(54)23(50)17(10-45)62-35/h17-38,45-59,61H,3-16H2,1-2H3/t17?,18?,19?,20?,21-,22-,23?,24?,25?,26?,27?,28?,29?,30?,31?,32?,33?,34?,35?,36?,37?,38?,40+,41+,42+,43?,44?/m0/s1. The lowest BCUT2D eigenvalue weighted by atomic mass is 9.41. The second-order valence-electron chi connectivity index (χ2n) is 21.4. The maximum atomic E-state index is 14.3. The largest absolute Gasteiger partial charge is 0.432 e. The number of ether oxygens (including phenoxy) is 8. The molecule has 4 saturated heterocycles. The van der Waals surface area contributed by atoms with Gasteiger partial charge in [0.15, 0.2) is 18.9 Å². The van der Waals surface area contributed by atoms with Crippen LogP contribution in [-0.2, 0) is 42.7 Å². The monoisotopic (exact) mass is 1000 g/mol. The molecule has 4 heterocycles. The Bertz CT molecular complexity index is 1780. The van der Waals surface area contributed by atoms with Gasteiger partial charge >= 0.3 is 5.97 Å². The first kappa shape index (κ1) is 53.8. The van der Waals surface area contributed by atoms with E-state index in [0.717, 1.165) is 0 Å². The molecular weight excluding hydrogens is 928 g/mol. The second kappa shape index (κ2) is 20.0. The molecule has 69 heavy (non-hydrogen) atoms. The lowest BCUT2D eigenvalue weighted by molar-refractivity contribution is -0.407. The highest BCUT2D eigenvalue weighted by Gasteiger charge is 2.74. The molecule has 25 nitrogen and oxygen atoms in total. The van der Waals surface area contributed by atoms with Crippen LogP contribution in [0.1, 0.15) is 71.6 Å². The topological polar surface area (TPSA) is 415 Å². The quantitative estimate of drug-likeness (QED) is 0.0602. The van der Waals surface area contributed by atoms with E-state index in [-0.39, 0.29) is 31.1 Å². The number of esters is 1. The number of carbonyl (C=O) groups is 1. The predicted molar refractivity (Wildman–Crippen MR) is 222 cm³/mol. The van der Waals surface area contributed by atoms with Crippen LogP contribution < -0.4 is 0 Å². The van der Waals surface area contributed by atoms with Gasteiger partial charge in [-0.2, -0.15) is 0 Å². The number of hydrogen-bond acceptors (Lipinski definition) is 25. The lowest BCUT2D eigenvalue weighted by Gasteiger charge is -2.64. The third-order valence-electron chi connectivity index (χ3n) is 17.6. The summed E-state index contributed by atoms with van der Waals surface area (Å²) >= 11 is 0. The summed E-state index contributed by atoms with van der Waals surface area (Å²) < 4.78 is 47.8. The lowest BCUT2D eigenvalue weighted by Crippen LogP contribution is -2.69. The third-order valence-corrected chi connectivity index (χ3v) is 17.6. The van der Waals surface area contributed by atoms with Gasteiger partial charge in [0, 0.05) is 0 Å². The molecule has 8 fully saturated rings. The van der Waals surface area contributed by atoms with Gasteiger partial charge in [0.25, 0.3) is 0 Å². The van der Waals surface area contributed by atoms with Crippen LogP contribution in [0, 0.1) is 28.1 Å². The van der Waals surface area contributed by atoms with Gasteiger partial charge in [0.2, 0.25) is 6.29 Å². The van der Waals surface area contributed by atoms with E-state index in [1.54, 1.807) is 6.92 Å². The van der Waals surface area contributed by atoms with Crippen molar-refractivity contribution >= 4 is 5.97 Å². The Morgan fingerprint density at radius 1 is 0.522 bits per heavy atom. The smallest absolute Gasteiger partial charge is 0.314 e. The fourth-order valence-electron chi connectivity index (χ4n) is 14.0. The molecule has 0 aromatic rings. The number of rotatable bonds is 13. The van der Waals surface area contributed by atoms with E-state index in [1.165, 1.54) is 0 Å². The Morgan fingerprint density at radius 3 is 1.51 bits per heavy atom. The van der Waals surface area contributed by atoms with E-state index in [2.05, 4.69) is 6.92 Å². The molecule has 0 aromatic carbocycles. The maximum Gasteiger partial charge on any atom is 0.314 e. The number of aliphatic hydroxyl groups is 16. The van der Waals surface area contributed by atoms with Crippen molar-refractivity contribution in [3.8, 4) is 0 Å². The first-order chi connectivity index (χ1) is 32.5. The molecule has 4 saturated carbocycles. The summed E-state index contributed by atoms with van der Waals surface area (Å²) in [4.78, 5) is 14.3. The third kappa shape index (κ3) is 8.80. The SMILES string of the molecule is C[C@@]12CCC[C@@](C)(C(=O)OC3OC(CO)C(O)C(O)C3O)[C@H]1CC[C@]13CC(O)(CO)C(OC4OC(CO)C(O)C(OC5OC(CO)C(O)C(O)C5O)C4OC4OC(CO)C(O)C(O)C4O)(CC[C@H]12)C3. The van der Waals surface area contributed by atoms with Gasteiger partial charge in [-0.15, -0.1) is 0 Å². The summed E-state index contributed by atoms with van der Waals surface area (Å²) in [7, 11) is 0. The molecule has 8 rings (SSSR count). The minimum absolute atomic E-state index is 0.00267. The van der Waals surface area contributed by atoms with Crippen molar-refractivity contribution in [2.75, 3.05) is 33.0 Å². The summed E-state index contributed by atoms with van der Waals surface area (Å²) in [6.45, 7) is -0.304. The zero-order chi connectivity index (χ0) is 50.3. The van der Waals surface area contributed by atoms with Gasteiger partial charge in [0.05, 0.1) is 38.4 Å². The summed E-state index contributed by atoms with van der Waals surface area (Å²) in [6.07, 6.45) is -32.8. The summed E-state index contributed by atoms with van der Waals surface area (Å²) in [5, 5.41) is 172. The molecule has 27 atom stereocenters. The molecule has 398 valence electrons. The van der Waals surface area contributed by atoms with Crippen LogP contribution in [0.15, 0.2) is 0 Å². The van der Waals surface area contributed by atoms with Gasteiger partial charge in [-0.1, -0.05) is 13.3 Å². The average molecular weight is 1000 g/mol. The Labute approximate surface area is 396 Å². The zero-order valence-electron chi connectivity index (χ0n) is 38.4. The fraction of sp³-hybridized carbons (Fsp3) is 0.977. The normalized spacial score (nSPS) is 55.4. The molecule has 4 aliphatic carbocycles. The Balaban J connectivity index is 1.10. The molecule has 22 unspecified atom stereocenters. The Morgan fingerprint density at radius 2 is 0.986 bits per heavy atom. The summed E-state index contributed by atoms with van der Waals surface area (Å²) in [5.41, 5.74) is -6.21. The second-order valence-corrected chi connectivity index (χ2v) is 21.4. The average Bonchev–Trinajstić information content (AvgIpc) is 3.50. The van der Waals surface area contributed by atoms with Gasteiger partial charge in [-0.05, 0) is 81.0 Å². The molecule has 8 aliphatic rings. The van der Waals surface area contributed by atoms with E-state index in [4.69, 9.17) is 37.9 Å². The van der Waals surface area contributed by atoms with Gasteiger partial charge in [-0.25, -0.2) is 0 Å². The molecule has 4 aliphatic heterocycles. The van der Waals surface area contributed by atoms with Crippen LogP contribution >= 0.6 is 0 Å². The van der Waals surface area contributed by atoms with Crippen LogP contribution in [0.5, 0.6) is 0 Å². The van der Waals surface area contributed by atoms with Crippen LogP contribution in [0.4, 0.5) is 0 Å². The highest BCUT2D eigenvalue weighted by atomic mass is 16.8. The highest BCUT2D eigenvalue weighted by Crippen LogP contribution is 2.74. The van der Waals surface area contributed by atoms with Gasteiger partial charge in [-0.3, -0.25) is 4.79 Å². The van der Waals surface area contributed by atoms with Crippen molar-refractivity contribution in [1.29, 1.82) is 0 Å². The fourth-order valence-corrected chi connectivity index (χ4v) is 14.0. The van der Waals surface area contributed by atoms with Crippen molar-refractivity contribution in [3.63, 3.8) is 0 Å². The molecule has 25 heteroatoms. The van der Waals surface area contributed by atoms with Gasteiger partial charge < -0.3 is 120 Å². The first-order valence-corrected chi connectivity index (χ1v) is 23.9. The number of aliphatic hydroxyl groups excluding tert-OH is 15. The number of hydrogen-bond donors (Lipinski definition) is 16. The Hall–Kier alpha value is -1.45. The van der Waals surface area contributed by atoms with Crippen molar-refractivity contribution in [2.24, 2.45) is 28.1 Å². The van der Waals surface area contributed by atoms with Crippen molar-refractivity contribution < 1.29 is 124 Å². The molecule has 0 radical (unpaired) electrons. The summed E-state index contributed by atoms with van der Waals surface area (Å²) in [5.74, 6) is -1.23. The molecule has 0 aromatic heterocycles. The molecule has 2 bridgehead atoms. The molecule has 0 amide bonds. The van der Waals surface area contributed by atoms with Crippen molar-refractivity contribution in [2.45, 2.75) is 206 Å². The van der Waals surface area contributed by atoms with Crippen LogP contribution in [0.25, 0.3) is 0 Å². The van der Waals surface area contributed by atoms with E-state index < -0.39 is 189 Å². The molecule has 16 N–H and O–H groups in total. The zero-order valence-corrected chi connectivity index (χ0v) is 38.4. The van der Waals surface area contributed by atoms with E-state index in [9.17, 15) is 86.5 Å².